The Morgan fingerprint density at radius 1 is 1.36 bits per heavy atom. The topological polar surface area (TPSA) is 53.6 Å². The van der Waals surface area contributed by atoms with E-state index in [1.807, 2.05) is 0 Å². The van der Waals surface area contributed by atoms with Crippen LogP contribution in [0.1, 0.15) is 5.82 Å². The molecule has 0 saturated carbocycles. The molecule has 0 aliphatic heterocycles. The number of pyridine rings is 1. The molecular weight excluding hydrogens is 183 g/mol. The van der Waals surface area contributed by atoms with Gasteiger partial charge in [0.25, 0.3) is 0 Å². The van der Waals surface area contributed by atoms with E-state index in [1.54, 1.807) is 18.5 Å². The van der Waals surface area contributed by atoms with Crippen LogP contribution in [0.3, 0.4) is 0 Å². The number of aromatic nitrogens is 3. The minimum Gasteiger partial charge on any atom is -0.378 e. The van der Waals surface area contributed by atoms with Crippen molar-refractivity contribution >= 4 is 5.69 Å². The number of nitrogens with one attached hydrogen (secondary N) is 2. The smallest absolute Gasteiger partial charge is 0.214 e. The van der Waals surface area contributed by atoms with E-state index in [-0.39, 0.29) is 0 Å². The molecular formula is C9H9FN4. The third kappa shape index (κ3) is 2.07. The largest absolute Gasteiger partial charge is 0.378 e. The van der Waals surface area contributed by atoms with Crippen molar-refractivity contribution in [1.29, 1.82) is 0 Å². The summed E-state index contributed by atoms with van der Waals surface area (Å²) in [6.45, 7) is 0.538. The zero-order chi connectivity index (χ0) is 9.80. The van der Waals surface area contributed by atoms with Crippen LogP contribution >= 0.6 is 0 Å². The second kappa shape index (κ2) is 3.87. The van der Waals surface area contributed by atoms with E-state index in [0.717, 1.165) is 5.82 Å². The molecule has 0 unspecified atom stereocenters. The number of rotatable bonds is 3. The van der Waals surface area contributed by atoms with Gasteiger partial charge in [0.2, 0.25) is 5.95 Å². The van der Waals surface area contributed by atoms with Gasteiger partial charge in [-0.2, -0.15) is 4.39 Å². The summed E-state index contributed by atoms with van der Waals surface area (Å²) in [6.07, 6.45) is 4.83. The fourth-order valence-corrected chi connectivity index (χ4v) is 1.09. The van der Waals surface area contributed by atoms with Gasteiger partial charge in [-0.3, -0.25) is 0 Å². The van der Waals surface area contributed by atoms with Crippen molar-refractivity contribution in [3.05, 3.63) is 42.5 Å². The molecule has 2 rings (SSSR count). The van der Waals surface area contributed by atoms with E-state index in [2.05, 4.69) is 20.3 Å². The molecule has 0 saturated heterocycles. The molecule has 0 aliphatic carbocycles. The summed E-state index contributed by atoms with van der Waals surface area (Å²) in [4.78, 5) is 10.4. The third-order valence-electron chi connectivity index (χ3n) is 1.74. The second-order valence-corrected chi connectivity index (χ2v) is 2.76. The number of imidazole rings is 1. The maximum Gasteiger partial charge on any atom is 0.214 e. The van der Waals surface area contributed by atoms with Crippen molar-refractivity contribution in [2.24, 2.45) is 0 Å². The second-order valence-electron chi connectivity index (χ2n) is 2.76. The third-order valence-corrected chi connectivity index (χ3v) is 1.74. The fourth-order valence-electron chi connectivity index (χ4n) is 1.09. The molecule has 0 aromatic carbocycles. The van der Waals surface area contributed by atoms with E-state index in [1.165, 1.54) is 12.3 Å². The molecule has 2 aromatic rings. The number of nitrogens with zero attached hydrogens (tertiary/aromatic N) is 2. The lowest BCUT2D eigenvalue weighted by Gasteiger charge is -2.02. The molecule has 5 heteroatoms. The van der Waals surface area contributed by atoms with Crippen molar-refractivity contribution in [3.8, 4) is 0 Å². The molecule has 14 heavy (non-hydrogen) atoms. The molecule has 0 bridgehead atoms. The molecule has 2 aromatic heterocycles. The monoisotopic (exact) mass is 192 g/mol. The standard InChI is InChI=1S/C9H9FN4/c10-8-5-7(1-2-11-8)14-6-9-12-3-4-13-9/h1-5H,6H2,(H,11,14)(H,12,13). The van der Waals surface area contributed by atoms with E-state index in [9.17, 15) is 4.39 Å². The van der Waals surface area contributed by atoms with Crippen LogP contribution in [-0.4, -0.2) is 15.0 Å². The van der Waals surface area contributed by atoms with Crippen LogP contribution in [0.5, 0.6) is 0 Å². The molecule has 4 nitrogen and oxygen atoms in total. The van der Waals surface area contributed by atoms with E-state index in [0.29, 0.717) is 12.2 Å². The Labute approximate surface area is 80.2 Å². The first-order valence-electron chi connectivity index (χ1n) is 4.18. The first-order chi connectivity index (χ1) is 6.84. The van der Waals surface area contributed by atoms with Gasteiger partial charge in [-0.25, -0.2) is 9.97 Å². The van der Waals surface area contributed by atoms with Crippen molar-refractivity contribution < 1.29 is 4.39 Å². The molecule has 2 N–H and O–H groups in total. The van der Waals surface area contributed by atoms with Crippen LogP contribution in [0, 0.1) is 5.95 Å². The zero-order valence-electron chi connectivity index (χ0n) is 7.37. The highest BCUT2D eigenvalue weighted by Crippen LogP contribution is 2.07. The predicted octanol–water partition coefficient (Wildman–Crippen LogP) is 1.56. The highest BCUT2D eigenvalue weighted by atomic mass is 19.1. The van der Waals surface area contributed by atoms with E-state index < -0.39 is 5.95 Å². The molecule has 0 aliphatic rings. The first kappa shape index (κ1) is 8.68. The van der Waals surface area contributed by atoms with Gasteiger partial charge in [-0.1, -0.05) is 0 Å². The Hall–Kier alpha value is -1.91. The SMILES string of the molecule is Fc1cc(NCc2ncc[nH]2)ccn1. The number of hydrogen-bond acceptors (Lipinski definition) is 3. The summed E-state index contributed by atoms with van der Waals surface area (Å²) in [5.74, 6) is 0.316. The highest BCUT2D eigenvalue weighted by Gasteiger charge is 1.96. The Morgan fingerprint density at radius 3 is 3.00 bits per heavy atom. The van der Waals surface area contributed by atoms with Gasteiger partial charge in [0.1, 0.15) is 5.82 Å². The number of halogens is 1. The number of aromatic amines is 1. The van der Waals surface area contributed by atoms with Crippen molar-refractivity contribution in [2.45, 2.75) is 6.54 Å². The van der Waals surface area contributed by atoms with Crippen LogP contribution in [0.2, 0.25) is 0 Å². The fraction of sp³-hybridized carbons (Fsp3) is 0.111. The Kier molecular flexibility index (Phi) is 2.40. The zero-order valence-corrected chi connectivity index (χ0v) is 7.37. The lowest BCUT2D eigenvalue weighted by Crippen LogP contribution is -2.01. The van der Waals surface area contributed by atoms with E-state index >= 15 is 0 Å². The van der Waals surface area contributed by atoms with Gasteiger partial charge >= 0.3 is 0 Å². The summed E-state index contributed by atoms with van der Waals surface area (Å²) in [6, 6.07) is 3.04. The molecule has 0 atom stereocenters. The summed E-state index contributed by atoms with van der Waals surface area (Å²) in [5, 5.41) is 3.01. The average Bonchev–Trinajstić information content (AvgIpc) is 2.67. The molecule has 2 heterocycles. The molecule has 0 amide bonds. The van der Waals surface area contributed by atoms with Gasteiger partial charge < -0.3 is 10.3 Å². The summed E-state index contributed by atoms with van der Waals surface area (Å²) in [7, 11) is 0. The van der Waals surface area contributed by atoms with Gasteiger partial charge in [0.15, 0.2) is 0 Å². The van der Waals surface area contributed by atoms with Crippen LogP contribution in [0.25, 0.3) is 0 Å². The number of hydrogen-bond donors (Lipinski definition) is 2. The van der Waals surface area contributed by atoms with Gasteiger partial charge in [-0.15, -0.1) is 0 Å². The summed E-state index contributed by atoms with van der Waals surface area (Å²) >= 11 is 0. The van der Waals surface area contributed by atoms with Gasteiger partial charge in [-0.05, 0) is 6.07 Å². The van der Waals surface area contributed by atoms with Gasteiger partial charge in [0, 0.05) is 30.3 Å². The van der Waals surface area contributed by atoms with Crippen molar-refractivity contribution in [1.82, 2.24) is 15.0 Å². The predicted molar refractivity (Wildman–Crippen MR) is 50.1 cm³/mol. The Balaban J connectivity index is 1.98. The summed E-state index contributed by atoms with van der Waals surface area (Å²) in [5.41, 5.74) is 0.689. The van der Waals surface area contributed by atoms with Gasteiger partial charge in [0.05, 0.1) is 6.54 Å². The first-order valence-corrected chi connectivity index (χ1v) is 4.18. The van der Waals surface area contributed by atoms with Crippen LogP contribution in [-0.2, 0) is 6.54 Å². The lowest BCUT2D eigenvalue weighted by atomic mass is 10.4. The number of H-pyrrole nitrogens is 1. The molecule has 0 spiro atoms. The molecule has 72 valence electrons. The van der Waals surface area contributed by atoms with Crippen LogP contribution in [0.4, 0.5) is 10.1 Å². The minimum atomic E-state index is -0.491. The Bertz CT molecular complexity index is 399. The molecule has 0 radical (unpaired) electrons. The summed E-state index contributed by atoms with van der Waals surface area (Å²) < 4.78 is 12.7. The van der Waals surface area contributed by atoms with E-state index in [4.69, 9.17) is 0 Å². The minimum absolute atomic E-state index is 0.491. The quantitative estimate of drug-likeness (QED) is 0.725. The lowest BCUT2D eigenvalue weighted by molar-refractivity contribution is 0.584. The average molecular weight is 192 g/mol. The maximum atomic E-state index is 12.7. The van der Waals surface area contributed by atoms with Crippen LogP contribution in [0.15, 0.2) is 30.7 Å². The number of anilines is 1. The van der Waals surface area contributed by atoms with Crippen LogP contribution < -0.4 is 5.32 Å². The normalized spacial score (nSPS) is 10.1. The molecule has 0 fully saturated rings. The highest BCUT2D eigenvalue weighted by molar-refractivity contribution is 5.41. The van der Waals surface area contributed by atoms with Crippen molar-refractivity contribution in [3.63, 3.8) is 0 Å². The van der Waals surface area contributed by atoms with Crippen molar-refractivity contribution in [2.75, 3.05) is 5.32 Å². The maximum absolute atomic E-state index is 12.7. The Morgan fingerprint density at radius 2 is 2.29 bits per heavy atom.